The lowest BCUT2D eigenvalue weighted by atomic mass is 10.1. The van der Waals surface area contributed by atoms with Crippen LogP contribution < -0.4 is 0 Å². The summed E-state index contributed by atoms with van der Waals surface area (Å²) in [5, 5.41) is 0. The molecule has 3 heteroatoms. The maximum atomic E-state index is 10.9. The van der Waals surface area contributed by atoms with Crippen LogP contribution in [0.5, 0.6) is 0 Å². The van der Waals surface area contributed by atoms with E-state index in [-0.39, 0.29) is 5.78 Å². The van der Waals surface area contributed by atoms with E-state index in [1.54, 1.807) is 13.0 Å². The summed E-state index contributed by atoms with van der Waals surface area (Å²) in [5.41, 5.74) is 1.24. The molecule has 0 saturated carbocycles. The van der Waals surface area contributed by atoms with E-state index in [1.165, 1.54) is 5.56 Å². The summed E-state index contributed by atoms with van der Waals surface area (Å²) < 4.78 is 0. The Hall–Kier alpha value is -1.90. The van der Waals surface area contributed by atoms with Crippen LogP contribution in [0.3, 0.4) is 0 Å². The van der Waals surface area contributed by atoms with E-state index in [0.717, 1.165) is 25.3 Å². The molecule has 1 aromatic carbocycles. The standard InChI is InChI=1S/C14H16N2O/c1-12(17)7-9-16-10-8-15-14(16)11-13-5-3-2-4-6-13/h2-7,9H,8,10-11H2,1H3/b9-7+. The maximum absolute atomic E-state index is 10.9. The Morgan fingerprint density at radius 1 is 1.41 bits per heavy atom. The number of hydrogen-bond donors (Lipinski definition) is 0. The Morgan fingerprint density at radius 2 is 2.18 bits per heavy atom. The molecule has 0 bridgehead atoms. The maximum Gasteiger partial charge on any atom is 0.154 e. The lowest BCUT2D eigenvalue weighted by Crippen LogP contribution is -2.23. The minimum atomic E-state index is 0.0657. The van der Waals surface area contributed by atoms with Gasteiger partial charge in [-0.2, -0.15) is 0 Å². The Balaban J connectivity index is 2.03. The van der Waals surface area contributed by atoms with E-state index < -0.39 is 0 Å². The van der Waals surface area contributed by atoms with E-state index in [1.807, 2.05) is 24.4 Å². The van der Waals surface area contributed by atoms with Crippen molar-refractivity contribution in [2.45, 2.75) is 13.3 Å². The summed E-state index contributed by atoms with van der Waals surface area (Å²) in [5.74, 6) is 1.10. The van der Waals surface area contributed by atoms with Crippen LogP contribution in [0.25, 0.3) is 0 Å². The molecule has 0 N–H and O–H groups in total. The first-order chi connectivity index (χ1) is 8.25. The third-order valence-electron chi connectivity index (χ3n) is 2.66. The van der Waals surface area contributed by atoms with E-state index in [0.29, 0.717) is 0 Å². The van der Waals surface area contributed by atoms with E-state index in [9.17, 15) is 4.79 Å². The summed E-state index contributed by atoms with van der Waals surface area (Å²) in [6.45, 7) is 3.23. The van der Waals surface area contributed by atoms with Crippen molar-refractivity contribution in [1.82, 2.24) is 4.90 Å². The molecule has 1 aliphatic heterocycles. The summed E-state index contributed by atoms with van der Waals surface area (Å²) in [6, 6.07) is 10.2. The molecule has 88 valence electrons. The molecule has 0 atom stereocenters. The fourth-order valence-corrected chi connectivity index (χ4v) is 1.80. The molecule has 1 aliphatic rings. The second-order valence-electron chi connectivity index (χ2n) is 4.08. The predicted molar refractivity (Wildman–Crippen MR) is 69.0 cm³/mol. The van der Waals surface area contributed by atoms with Crippen molar-refractivity contribution in [3.8, 4) is 0 Å². The fourth-order valence-electron chi connectivity index (χ4n) is 1.80. The number of allylic oxidation sites excluding steroid dienone is 1. The van der Waals surface area contributed by atoms with E-state index in [4.69, 9.17) is 0 Å². The number of ketones is 1. The first-order valence-corrected chi connectivity index (χ1v) is 5.78. The van der Waals surface area contributed by atoms with Gasteiger partial charge in [0.25, 0.3) is 0 Å². The van der Waals surface area contributed by atoms with Gasteiger partial charge in [-0.1, -0.05) is 30.3 Å². The molecular formula is C14H16N2O. The first-order valence-electron chi connectivity index (χ1n) is 5.78. The molecule has 2 rings (SSSR count). The van der Waals surface area contributed by atoms with Crippen molar-refractivity contribution in [2.24, 2.45) is 4.99 Å². The molecule has 17 heavy (non-hydrogen) atoms. The molecule has 1 aromatic rings. The van der Waals surface area contributed by atoms with Gasteiger partial charge < -0.3 is 4.90 Å². The highest BCUT2D eigenvalue weighted by molar-refractivity contribution is 5.90. The molecule has 0 fully saturated rings. The van der Waals surface area contributed by atoms with Crippen LogP contribution in [-0.4, -0.2) is 29.6 Å². The van der Waals surface area contributed by atoms with Gasteiger partial charge in [0.15, 0.2) is 5.78 Å². The van der Waals surface area contributed by atoms with Crippen LogP contribution in [0.4, 0.5) is 0 Å². The SMILES string of the molecule is CC(=O)/C=C/N1CCN=C1Cc1ccccc1. The number of nitrogens with zero attached hydrogens (tertiary/aromatic N) is 2. The molecule has 1 heterocycles. The lowest BCUT2D eigenvalue weighted by Gasteiger charge is -2.15. The largest absolute Gasteiger partial charge is 0.335 e. The van der Waals surface area contributed by atoms with Gasteiger partial charge in [0.05, 0.1) is 6.54 Å². The number of rotatable bonds is 4. The molecule has 3 nitrogen and oxygen atoms in total. The van der Waals surface area contributed by atoms with Gasteiger partial charge in [0.1, 0.15) is 5.84 Å². The summed E-state index contributed by atoms with van der Waals surface area (Å²) >= 11 is 0. The number of benzene rings is 1. The third-order valence-corrected chi connectivity index (χ3v) is 2.66. The van der Waals surface area contributed by atoms with Crippen molar-refractivity contribution < 1.29 is 4.79 Å². The Kier molecular flexibility index (Phi) is 3.70. The average Bonchev–Trinajstić information content (AvgIpc) is 2.75. The van der Waals surface area contributed by atoms with E-state index in [2.05, 4.69) is 22.0 Å². The molecule has 0 aromatic heterocycles. The highest BCUT2D eigenvalue weighted by Crippen LogP contribution is 2.09. The molecular weight excluding hydrogens is 212 g/mol. The van der Waals surface area contributed by atoms with Crippen LogP contribution in [0.2, 0.25) is 0 Å². The van der Waals surface area contributed by atoms with Gasteiger partial charge in [0, 0.05) is 19.2 Å². The highest BCUT2D eigenvalue weighted by Gasteiger charge is 2.14. The first kappa shape index (κ1) is 11.6. The predicted octanol–water partition coefficient (Wildman–Crippen LogP) is 2.05. The van der Waals surface area contributed by atoms with Gasteiger partial charge in [0.2, 0.25) is 0 Å². The summed E-state index contributed by atoms with van der Waals surface area (Å²) in [6.07, 6.45) is 4.24. The van der Waals surface area contributed by atoms with Crippen LogP contribution in [0.15, 0.2) is 47.6 Å². The van der Waals surface area contributed by atoms with Crippen LogP contribution >= 0.6 is 0 Å². The normalized spacial score (nSPS) is 15.4. The van der Waals surface area contributed by atoms with Gasteiger partial charge in [-0.05, 0) is 18.6 Å². The topological polar surface area (TPSA) is 32.7 Å². The lowest BCUT2D eigenvalue weighted by molar-refractivity contribution is -0.112. The minimum absolute atomic E-state index is 0.0657. The van der Waals surface area contributed by atoms with Crippen molar-refractivity contribution in [1.29, 1.82) is 0 Å². The van der Waals surface area contributed by atoms with Crippen LogP contribution in [0, 0.1) is 0 Å². The van der Waals surface area contributed by atoms with Crippen molar-refractivity contribution in [3.05, 3.63) is 48.2 Å². The van der Waals surface area contributed by atoms with Gasteiger partial charge in [-0.15, -0.1) is 0 Å². The van der Waals surface area contributed by atoms with Crippen LogP contribution in [-0.2, 0) is 11.2 Å². The summed E-state index contributed by atoms with van der Waals surface area (Å²) in [7, 11) is 0. The molecule has 0 amide bonds. The van der Waals surface area contributed by atoms with Crippen LogP contribution in [0.1, 0.15) is 12.5 Å². The minimum Gasteiger partial charge on any atom is -0.335 e. The monoisotopic (exact) mass is 228 g/mol. The van der Waals surface area contributed by atoms with E-state index >= 15 is 0 Å². The molecule has 0 unspecified atom stereocenters. The number of amidine groups is 1. The number of aliphatic imine (C=N–C) groups is 1. The van der Waals surface area contributed by atoms with Gasteiger partial charge in [-0.3, -0.25) is 9.79 Å². The molecule has 0 spiro atoms. The Morgan fingerprint density at radius 3 is 2.88 bits per heavy atom. The Bertz CT molecular complexity index is 449. The molecule has 0 radical (unpaired) electrons. The van der Waals surface area contributed by atoms with Crippen molar-refractivity contribution >= 4 is 11.6 Å². The average molecular weight is 228 g/mol. The van der Waals surface area contributed by atoms with Crippen molar-refractivity contribution in [2.75, 3.05) is 13.1 Å². The second-order valence-corrected chi connectivity index (χ2v) is 4.08. The van der Waals surface area contributed by atoms with Gasteiger partial charge >= 0.3 is 0 Å². The number of carbonyl (C=O) groups excluding carboxylic acids is 1. The third kappa shape index (κ3) is 3.28. The number of carbonyl (C=O) groups is 1. The smallest absolute Gasteiger partial charge is 0.154 e. The zero-order chi connectivity index (χ0) is 12.1. The second kappa shape index (κ2) is 5.43. The highest BCUT2D eigenvalue weighted by atomic mass is 16.1. The zero-order valence-corrected chi connectivity index (χ0v) is 9.97. The van der Waals surface area contributed by atoms with Gasteiger partial charge in [-0.25, -0.2) is 0 Å². The zero-order valence-electron chi connectivity index (χ0n) is 9.97. The fraction of sp³-hybridized carbons (Fsp3) is 0.286. The molecule has 0 aliphatic carbocycles. The van der Waals surface area contributed by atoms with Crippen molar-refractivity contribution in [3.63, 3.8) is 0 Å². The number of hydrogen-bond acceptors (Lipinski definition) is 3. The molecule has 0 saturated heterocycles. The Labute approximate surface area is 101 Å². The quantitative estimate of drug-likeness (QED) is 0.739. The summed E-state index contributed by atoms with van der Waals surface area (Å²) in [4.78, 5) is 17.4.